The lowest BCUT2D eigenvalue weighted by molar-refractivity contribution is 0.184. The zero-order chi connectivity index (χ0) is 9.68. The van der Waals surface area contributed by atoms with Crippen molar-refractivity contribution in [2.24, 2.45) is 5.73 Å². The summed E-state index contributed by atoms with van der Waals surface area (Å²) in [4.78, 5) is 0. The number of furan rings is 1. The molecule has 1 aromatic heterocycles. The average molecular weight is 181 g/mol. The Morgan fingerprint density at radius 1 is 1.69 bits per heavy atom. The van der Waals surface area contributed by atoms with E-state index in [1.54, 1.807) is 13.4 Å². The Balaban J connectivity index is 2.70. The van der Waals surface area contributed by atoms with Gasteiger partial charge in [0.25, 0.3) is 0 Å². The number of nitrogens with two attached hydrogens (primary N) is 1. The van der Waals surface area contributed by atoms with E-state index in [1.807, 2.05) is 25.1 Å². The molecule has 0 spiro atoms. The molecule has 0 saturated heterocycles. The summed E-state index contributed by atoms with van der Waals surface area (Å²) in [6.07, 6.45) is 5.41. The van der Waals surface area contributed by atoms with Gasteiger partial charge >= 0.3 is 0 Å². The fourth-order valence-electron chi connectivity index (χ4n) is 1.01. The van der Waals surface area contributed by atoms with Crippen LogP contribution in [-0.2, 0) is 11.3 Å². The monoisotopic (exact) mass is 181 g/mol. The first kappa shape index (κ1) is 10.0. The third-order valence-corrected chi connectivity index (χ3v) is 1.63. The highest BCUT2D eigenvalue weighted by Crippen LogP contribution is 2.13. The Labute approximate surface area is 78.2 Å². The molecule has 2 N–H and O–H groups in total. The van der Waals surface area contributed by atoms with Crippen molar-refractivity contribution in [2.45, 2.75) is 19.6 Å². The van der Waals surface area contributed by atoms with Gasteiger partial charge < -0.3 is 14.9 Å². The van der Waals surface area contributed by atoms with E-state index in [1.165, 1.54) is 0 Å². The van der Waals surface area contributed by atoms with Crippen LogP contribution in [-0.4, -0.2) is 13.2 Å². The Morgan fingerprint density at radius 3 is 3.08 bits per heavy atom. The van der Waals surface area contributed by atoms with E-state index in [4.69, 9.17) is 14.9 Å². The van der Waals surface area contributed by atoms with Gasteiger partial charge in [0.2, 0.25) is 0 Å². The molecule has 0 aliphatic rings. The van der Waals surface area contributed by atoms with Crippen LogP contribution in [0.5, 0.6) is 0 Å². The highest BCUT2D eigenvalue weighted by molar-refractivity contribution is 5.47. The molecule has 1 aromatic rings. The molecule has 13 heavy (non-hydrogen) atoms. The maximum atomic E-state index is 5.57. The summed E-state index contributed by atoms with van der Waals surface area (Å²) in [6.45, 7) is 2.48. The molecule has 0 amide bonds. The number of hydrogen-bond acceptors (Lipinski definition) is 3. The highest BCUT2D eigenvalue weighted by Gasteiger charge is 2.01. The van der Waals surface area contributed by atoms with E-state index in [9.17, 15) is 0 Å². The van der Waals surface area contributed by atoms with Crippen LogP contribution in [0.2, 0.25) is 0 Å². The Hall–Kier alpha value is -1.06. The van der Waals surface area contributed by atoms with Gasteiger partial charge in [-0.25, -0.2) is 0 Å². The molecule has 1 heterocycles. The lowest BCUT2D eigenvalue weighted by atomic mass is 10.2. The van der Waals surface area contributed by atoms with Crippen LogP contribution in [0.25, 0.3) is 6.08 Å². The number of ether oxygens (including phenoxy) is 1. The van der Waals surface area contributed by atoms with Crippen LogP contribution in [0.3, 0.4) is 0 Å². The van der Waals surface area contributed by atoms with Crippen molar-refractivity contribution < 1.29 is 9.15 Å². The van der Waals surface area contributed by atoms with Gasteiger partial charge in [0.15, 0.2) is 0 Å². The van der Waals surface area contributed by atoms with Crippen molar-refractivity contribution in [3.63, 3.8) is 0 Å². The summed E-state index contributed by atoms with van der Waals surface area (Å²) >= 11 is 0. The van der Waals surface area contributed by atoms with Gasteiger partial charge in [0.05, 0.1) is 12.9 Å². The van der Waals surface area contributed by atoms with E-state index in [-0.39, 0.29) is 6.04 Å². The van der Waals surface area contributed by atoms with Crippen molar-refractivity contribution in [3.8, 4) is 0 Å². The molecule has 3 nitrogen and oxygen atoms in total. The molecule has 0 aromatic carbocycles. The van der Waals surface area contributed by atoms with Crippen LogP contribution < -0.4 is 5.73 Å². The van der Waals surface area contributed by atoms with Crippen molar-refractivity contribution in [3.05, 3.63) is 29.7 Å². The maximum Gasteiger partial charge on any atom is 0.131 e. The van der Waals surface area contributed by atoms with Gasteiger partial charge in [-0.2, -0.15) is 0 Å². The minimum absolute atomic E-state index is 0.0421. The molecule has 1 unspecified atom stereocenters. The zero-order valence-corrected chi connectivity index (χ0v) is 7.99. The van der Waals surface area contributed by atoms with Gasteiger partial charge in [-0.1, -0.05) is 6.08 Å². The molecule has 1 atom stereocenters. The fraction of sp³-hybridized carbons (Fsp3) is 0.400. The molecule has 0 fully saturated rings. The van der Waals surface area contributed by atoms with E-state index in [0.717, 1.165) is 11.3 Å². The molecule has 1 rings (SSSR count). The molecule has 0 aliphatic carbocycles. The SMILES string of the molecule is COCc1ccoc1/C=C/C(C)N. The van der Waals surface area contributed by atoms with Crippen molar-refractivity contribution in [1.82, 2.24) is 0 Å². The summed E-state index contributed by atoms with van der Waals surface area (Å²) in [7, 11) is 1.66. The largest absolute Gasteiger partial charge is 0.465 e. The summed E-state index contributed by atoms with van der Waals surface area (Å²) in [5.41, 5.74) is 6.61. The minimum atomic E-state index is 0.0421. The van der Waals surface area contributed by atoms with Gasteiger partial charge in [-0.15, -0.1) is 0 Å². The predicted molar refractivity (Wildman–Crippen MR) is 52.1 cm³/mol. The number of hydrogen-bond donors (Lipinski definition) is 1. The van der Waals surface area contributed by atoms with E-state index in [2.05, 4.69) is 0 Å². The van der Waals surface area contributed by atoms with Crippen molar-refractivity contribution in [1.29, 1.82) is 0 Å². The minimum Gasteiger partial charge on any atom is -0.465 e. The van der Waals surface area contributed by atoms with Crippen molar-refractivity contribution in [2.75, 3.05) is 7.11 Å². The summed E-state index contributed by atoms with van der Waals surface area (Å²) in [6, 6.07) is 1.94. The summed E-state index contributed by atoms with van der Waals surface area (Å²) in [5, 5.41) is 0. The molecule has 0 radical (unpaired) electrons. The van der Waals surface area contributed by atoms with Gasteiger partial charge in [-0.3, -0.25) is 0 Å². The smallest absolute Gasteiger partial charge is 0.131 e. The van der Waals surface area contributed by atoms with Gasteiger partial charge in [0.1, 0.15) is 5.76 Å². The molecule has 0 bridgehead atoms. The topological polar surface area (TPSA) is 48.4 Å². The van der Waals surface area contributed by atoms with E-state index in [0.29, 0.717) is 6.61 Å². The zero-order valence-electron chi connectivity index (χ0n) is 7.99. The van der Waals surface area contributed by atoms with Crippen LogP contribution in [0.1, 0.15) is 18.2 Å². The Morgan fingerprint density at radius 2 is 2.46 bits per heavy atom. The van der Waals surface area contributed by atoms with E-state index >= 15 is 0 Å². The highest BCUT2D eigenvalue weighted by atomic mass is 16.5. The Bertz CT molecular complexity index is 276. The normalized spacial score (nSPS) is 13.8. The van der Waals surface area contributed by atoms with Crippen LogP contribution >= 0.6 is 0 Å². The predicted octanol–water partition coefficient (Wildman–Crippen LogP) is 1.79. The Kier molecular flexibility index (Phi) is 3.73. The summed E-state index contributed by atoms with van der Waals surface area (Å²) < 4.78 is 10.3. The van der Waals surface area contributed by atoms with Crippen LogP contribution in [0.15, 0.2) is 22.8 Å². The second kappa shape index (κ2) is 4.84. The molecule has 72 valence electrons. The average Bonchev–Trinajstić information content (AvgIpc) is 2.49. The van der Waals surface area contributed by atoms with Crippen LogP contribution in [0, 0.1) is 0 Å². The molecule has 0 aliphatic heterocycles. The summed E-state index contributed by atoms with van der Waals surface area (Å²) in [5.74, 6) is 0.819. The number of rotatable bonds is 4. The first-order chi connectivity index (χ1) is 6.24. The second-order valence-corrected chi connectivity index (χ2v) is 2.96. The third-order valence-electron chi connectivity index (χ3n) is 1.63. The first-order valence-electron chi connectivity index (χ1n) is 4.23. The van der Waals surface area contributed by atoms with Crippen molar-refractivity contribution >= 4 is 6.08 Å². The quantitative estimate of drug-likeness (QED) is 0.770. The molecular formula is C10H15NO2. The van der Waals surface area contributed by atoms with Gasteiger partial charge in [-0.05, 0) is 19.1 Å². The molecular weight excluding hydrogens is 166 g/mol. The fourth-order valence-corrected chi connectivity index (χ4v) is 1.01. The maximum absolute atomic E-state index is 5.57. The second-order valence-electron chi connectivity index (χ2n) is 2.96. The van der Waals surface area contributed by atoms with Crippen LogP contribution in [0.4, 0.5) is 0 Å². The lowest BCUT2D eigenvalue weighted by Gasteiger charge is -1.97. The standard InChI is InChI=1S/C10H15NO2/c1-8(11)3-4-10-9(7-12-2)5-6-13-10/h3-6,8H,7,11H2,1-2H3/b4-3+. The number of methoxy groups -OCH3 is 1. The molecule has 3 heteroatoms. The molecule has 0 saturated carbocycles. The van der Waals surface area contributed by atoms with Gasteiger partial charge in [0, 0.05) is 18.7 Å². The first-order valence-corrected chi connectivity index (χ1v) is 4.23. The third kappa shape index (κ3) is 3.05. The lowest BCUT2D eigenvalue weighted by Crippen LogP contribution is -2.09. The van der Waals surface area contributed by atoms with E-state index < -0.39 is 0 Å².